The first-order valence-corrected chi connectivity index (χ1v) is 7.46. The topological polar surface area (TPSA) is 3.24 Å². The van der Waals surface area contributed by atoms with Crippen molar-refractivity contribution < 1.29 is 4.39 Å². The number of benzene rings is 1. The van der Waals surface area contributed by atoms with Crippen LogP contribution in [-0.4, -0.2) is 13.1 Å². The van der Waals surface area contributed by atoms with Crippen LogP contribution in [0.3, 0.4) is 0 Å². The SMILES string of the molecule is CCC1CCN(c2cccc(F)c2CBr)CC1. The van der Waals surface area contributed by atoms with Crippen LogP contribution in [0.5, 0.6) is 0 Å². The molecule has 0 unspecified atom stereocenters. The van der Waals surface area contributed by atoms with Gasteiger partial charge in [0.25, 0.3) is 0 Å². The Balaban J connectivity index is 2.15. The number of alkyl halides is 1. The molecule has 0 N–H and O–H groups in total. The van der Waals surface area contributed by atoms with Crippen LogP contribution in [0.15, 0.2) is 18.2 Å². The highest BCUT2D eigenvalue weighted by Crippen LogP contribution is 2.30. The van der Waals surface area contributed by atoms with E-state index in [0.717, 1.165) is 30.3 Å². The van der Waals surface area contributed by atoms with Gasteiger partial charge in [-0.05, 0) is 30.9 Å². The summed E-state index contributed by atoms with van der Waals surface area (Å²) in [6.45, 7) is 4.37. The van der Waals surface area contributed by atoms with E-state index in [9.17, 15) is 4.39 Å². The maximum Gasteiger partial charge on any atom is 0.129 e. The highest BCUT2D eigenvalue weighted by molar-refractivity contribution is 9.08. The molecular weight excluding hydrogens is 281 g/mol. The first-order valence-electron chi connectivity index (χ1n) is 6.34. The lowest BCUT2D eigenvalue weighted by Gasteiger charge is -2.34. The lowest BCUT2D eigenvalue weighted by atomic mass is 9.94. The van der Waals surface area contributed by atoms with Gasteiger partial charge < -0.3 is 4.90 Å². The molecule has 1 aromatic rings. The van der Waals surface area contributed by atoms with Gasteiger partial charge in [0, 0.05) is 29.7 Å². The Morgan fingerprint density at radius 1 is 1.35 bits per heavy atom. The number of anilines is 1. The Morgan fingerprint density at radius 2 is 2.06 bits per heavy atom. The predicted octanol–water partition coefficient (Wildman–Crippen LogP) is 4.35. The van der Waals surface area contributed by atoms with Crippen molar-refractivity contribution in [1.82, 2.24) is 0 Å². The van der Waals surface area contributed by atoms with E-state index in [2.05, 4.69) is 27.8 Å². The molecule has 1 heterocycles. The molecule has 1 aromatic carbocycles. The standard InChI is InChI=1S/C14H19BrFN/c1-2-11-6-8-17(9-7-11)14-5-3-4-13(16)12(14)10-15/h3-5,11H,2,6-10H2,1H3. The van der Waals surface area contributed by atoms with Gasteiger partial charge in [-0.3, -0.25) is 0 Å². The fourth-order valence-electron chi connectivity index (χ4n) is 2.56. The summed E-state index contributed by atoms with van der Waals surface area (Å²) in [6.07, 6.45) is 3.73. The van der Waals surface area contributed by atoms with Gasteiger partial charge >= 0.3 is 0 Å². The first-order chi connectivity index (χ1) is 8.26. The molecule has 0 amide bonds. The van der Waals surface area contributed by atoms with Crippen LogP contribution in [0.2, 0.25) is 0 Å². The monoisotopic (exact) mass is 299 g/mol. The number of piperidine rings is 1. The largest absolute Gasteiger partial charge is 0.371 e. The summed E-state index contributed by atoms with van der Waals surface area (Å²) in [6, 6.07) is 5.38. The van der Waals surface area contributed by atoms with Crippen LogP contribution in [0.25, 0.3) is 0 Å². The summed E-state index contributed by atoms with van der Waals surface area (Å²) in [4.78, 5) is 2.33. The van der Waals surface area contributed by atoms with Crippen molar-refractivity contribution in [1.29, 1.82) is 0 Å². The fourth-order valence-corrected chi connectivity index (χ4v) is 3.11. The third-order valence-electron chi connectivity index (χ3n) is 3.76. The molecule has 1 aliphatic rings. The molecule has 0 spiro atoms. The molecule has 0 saturated carbocycles. The number of hydrogen-bond acceptors (Lipinski definition) is 1. The van der Waals surface area contributed by atoms with Gasteiger partial charge in [-0.1, -0.05) is 35.3 Å². The summed E-state index contributed by atoms with van der Waals surface area (Å²) in [7, 11) is 0. The fraction of sp³-hybridized carbons (Fsp3) is 0.571. The van der Waals surface area contributed by atoms with E-state index in [4.69, 9.17) is 0 Å². The van der Waals surface area contributed by atoms with E-state index in [1.54, 1.807) is 6.07 Å². The molecule has 0 atom stereocenters. The highest BCUT2D eigenvalue weighted by Gasteiger charge is 2.20. The summed E-state index contributed by atoms with van der Waals surface area (Å²) >= 11 is 3.38. The van der Waals surface area contributed by atoms with Gasteiger partial charge in [-0.25, -0.2) is 4.39 Å². The Hall–Kier alpha value is -0.570. The number of nitrogens with zero attached hydrogens (tertiary/aromatic N) is 1. The molecule has 1 nitrogen and oxygen atoms in total. The number of halogens is 2. The Kier molecular flexibility index (Phi) is 4.43. The average molecular weight is 300 g/mol. The third kappa shape index (κ3) is 2.82. The van der Waals surface area contributed by atoms with Crippen LogP contribution in [0, 0.1) is 11.7 Å². The maximum absolute atomic E-state index is 13.7. The molecule has 0 radical (unpaired) electrons. The lowest BCUT2D eigenvalue weighted by Crippen LogP contribution is -2.34. The van der Waals surface area contributed by atoms with Crippen molar-refractivity contribution in [3.63, 3.8) is 0 Å². The maximum atomic E-state index is 13.7. The smallest absolute Gasteiger partial charge is 0.129 e. The van der Waals surface area contributed by atoms with E-state index in [1.807, 2.05) is 12.1 Å². The van der Waals surface area contributed by atoms with Crippen molar-refractivity contribution in [2.75, 3.05) is 18.0 Å². The van der Waals surface area contributed by atoms with Crippen LogP contribution >= 0.6 is 15.9 Å². The minimum atomic E-state index is -0.100. The van der Waals surface area contributed by atoms with E-state index in [-0.39, 0.29) is 5.82 Å². The van der Waals surface area contributed by atoms with Gasteiger partial charge in [0.2, 0.25) is 0 Å². The molecule has 1 fully saturated rings. The van der Waals surface area contributed by atoms with Crippen molar-refractivity contribution in [2.24, 2.45) is 5.92 Å². The first kappa shape index (κ1) is 12.9. The van der Waals surface area contributed by atoms with Crippen LogP contribution in [0.1, 0.15) is 31.7 Å². The molecule has 0 bridgehead atoms. The molecule has 94 valence electrons. The zero-order valence-electron chi connectivity index (χ0n) is 10.3. The zero-order valence-corrected chi connectivity index (χ0v) is 11.8. The summed E-state index contributed by atoms with van der Waals surface area (Å²) in [5.74, 6) is 0.754. The second-order valence-corrected chi connectivity index (χ2v) is 5.27. The summed E-state index contributed by atoms with van der Waals surface area (Å²) in [5, 5.41) is 0.586. The number of rotatable bonds is 3. The second kappa shape index (κ2) is 5.85. The minimum Gasteiger partial charge on any atom is -0.371 e. The lowest BCUT2D eigenvalue weighted by molar-refractivity contribution is 0.394. The second-order valence-electron chi connectivity index (χ2n) is 4.71. The molecule has 3 heteroatoms. The molecular formula is C14H19BrFN. The Labute approximate surface area is 111 Å². The van der Waals surface area contributed by atoms with Crippen LogP contribution in [0.4, 0.5) is 10.1 Å². The van der Waals surface area contributed by atoms with Gasteiger partial charge in [0.15, 0.2) is 0 Å². The van der Waals surface area contributed by atoms with Crippen molar-refractivity contribution in [3.8, 4) is 0 Å². The van der Waals surface area contributed by atoms with Gasteiger partial charge in [-0.2, -0.15) is 0 Å². The molecule has 0 aliphatic carbocycles. The Bertz CT molecular complexity index is 372. The van der Waals surface area contributed by atoms with Gasteiger partial charge in [0.1, 0.15) is 5.82 Å². The molecule has 17 heavy (non-hydrogen) atoms. The third-order valence-corrected chi connectivity index (χ3v) is 4.32. The van der Waals surface area contributed by atoms with Crippen LogP contribution < -0.4 is 4.90 Å². The Morgan fingerprint density at radius 3 is 2.65 bits per heavy atom. The normalized spacial score (nSPS) is 17.5. The van der Waals surface area contributed by atoms with E-state index < -0.39 is 0 Å². The number of hydrogen-bond donors (Lipinski definition) is 0. The quantitative estimate of drug-likeness (QED) is 0.750. The van der Waals surface area contributed by atoms with E-state index in [0.29, 0.717) is 5.33 Å². The highest BCUT2D eigenvalue weighted by atomic mass is 79.9. The van der Waals surface area contributed by atoms with E-state index >= 15 is 0 Å². The van der Waals surface area contributed by atoms with Crippen LogP contribution in [-0.2, 0) is 5.33 Å². The molecule has 0 aromatic heterocycles. The zero-order chi connectivity index (χ0) is 12.3. The van der Waals surface area contributed by atoms with E-state index in [1.165, 1.54) is 19.3 Å². The predicted molar refractivity (Wildman–Crippen MR) is 74.3 cm³/mol. The summed E-state index contributed by atoms with van der Waals surface area (Å²) < 4.78 is 13.7. The van der Waals surface area contributed by atoms with Gasteiger partial charge in [0.05, 0.1) is 0 Å². The van der Waals surface area contributed by atoms with Crippen molar-refractivity contribution in [2.45, 2.75) is 31.5 Å². The summed E-state index contributed by atoms with van der Waals surface area (Å²) in [5.41, 5.74) is 1.86. The van der Waals surface area contributed by atoms with Gasteiger partial charge in [-0.15, -0.1) is 0 Å². The minimum absolute atomic E-state index is 0.100. The van der Waals surface area contributed by atoms with Crippen molar-refractivity contribution in [3.05, 3.63) is 29.6 Å². The van der Waals surface area contributed by atoms with Crippen molar-refractivity contribution >= 4 is 21.6 Å². The molecule has 1 saturated heterocycles. The molecule has 1 aliphatic heterocycles. The average Bonchev–Trinajstić information content (AvgIpc) is 2.38. The molecule has 2 rings (SSSR count).